The minimum atomic E-state index is -0.226. The molecule has 2 atom stereocenters. The molecule has 18 heavy (non-hydrogen) atoms. The van der Waals surface area contributed by atoms with Crippen LogP contribution < -0.4 is 5.32 Å². The monoisotopic (exact) mass is 243 g/mol. The van der Waals surface area contributed by atoms with E-state index in [-0.39, 0.29) is 18.1 Å². The van der Waals surface area contributed by atoms with Crippen LogP contribution in [0.4, 0.5) is 4.39 Å². The molecule has 2 nitrogen and oxygen atoms in total. The van der Waals surface area contributed by atoms with Gasteiger partial charge < -0.3 is 4.74 Å². The molecule has 2 aromatic rings. The predicted molar refractivity (Wildman–Crippen MR) is 67.4 cm³/mol. The summed E-state index contributed by atoms with van der Waals surface area (Å²) in [6, 6.07) is 16.8. The van der Waals surface area contributed by atoms with Crippen LogP contribution in [0.25, 0.3) is 0 Å². The first-order chi connectivity index (χ1) is 8.83. The summed E-state index contributed by atoms with van der Waals surface area (Å²) in [5.41, 5.74) is 2.16. The molecule has 1 saturated heterocycles. The van der Waals surface area contributed by atoms with Gasteiger partial charge in [-0.25, -0.2) is 4.39 Å². The summed E-state index contributed by atoms with van der Waals surface area (Å²) in [5, 5.41) is 3.40. The lowest BCUT2D eigenvalue weighted by molar-refractivity contribution is 0.101. The predicted octanol–water partition coefficient (Wildman–Crippen LogP) is 3.19. The fraction of sp³-hybridized carbons (Fsp3) is 0.200. The topological polar surface area (TPSA) is 21.3 Å². The molecule has 3 heteroatoms. The lowest BCUT2D eigenvalue weighted by Gasteiger charge is -2.12. The third-order valence-corrected chi connectivity index (χ3v) is 3.16. The van der Waals surface area contributed by atoms with Gasteiger partial charge in [-0.05, 0) is 23.3 Å². The Labute approximate surface area is 105 Å². The van der Waals surface area contributed by atoms with Crippen molar-refractivity contribution < 1.29 is 9.13 Å². The van der Waals surface area contributed by atoms with Crippen molar-refractivity contribution in [2.75, 3.05) is 6.61 Å². The number of hydrogen-bond donors (Lipinski definition) is 1. The smallest absolute Gasteiger partial charge is 0.134 e. The number of benzene rings is 2. The van der Waals surface area contributed by atoms with E-state index in [1.165, 1.54) is 17.7 Å². The molecule has 0 radical (unpaired) electrons. The number of rotatable bonds is 2. The Morgan fingerprint density at radius 3 is 2.39 bits per heavy atom. The molecule has 0 aromatic heterocycles. The zero-order valence-corrected chi connectivity index (χ0v) is 9.84. The van der Waals surface area contributed by atoms with Gasteiger partial charge in [0.1, 0.15) is 12.0 Å². The maximum Gasteiger partial charge on any atom is 0.134 e. The Morgan fingerprint density at radius 1 is 0.944 bits per heavy atom. The van der Waals surface area contributed by atoms with Gasteiger partial charge in [0.05, 0.1) is 12.6 Å². The van der Waals surface area contributed by atoms with Gasteiger partial charge in [-0.1, -0.05) is 42.5 Å². The van der Waals surface area contributed by atoms with E-state index in [0.29, 0.717) is 6.61 Å². The molecule has 1 aliphatic rings. The van der Waals surface area contributed by atoms with Crippen LogP contribution in [0.5, 0.6) is 0 Å². The van der Waals surface area contributed by atoms with Crippen molar-refractivity contribution in [2.45, 2.75) is 12.3 Å². The van der Waals surface area contributed by atoms with Crippen LogP contribution in [0.1, 0.15) is 23.4 Å². The van der Waals surface area contributed by atoms with E-state index in [1.807, 2.05) is 18.2 Å². The van der Waals surface area contributed by atoms with Crippen LogP contribution in [0, 0.1) is 5.82 Å². The van der Waals surface area contributed by atoms with Crippen LogP contribution in [-0.4, -0.2) is 6.61 Å². The molecule has 0 unspecified atom stereocenters. The minimum Gasteiger partial charge on any atom is -0.357 e. The number of hydrogen-bond acceptors (Lipinski definition) is 2. The summed E-state index contributed by atoms with van der Waals surface area (Å²) in [6.07, 6.45) is -0.157. The Morgan fingerprint density at radius 2 is 1.67 bits per heavy atom. The van der Waals surface area contributed by atoms with Crippen LogP contribution in [-0.2, 0) is 4.74 Å². The van der Waals surface area contributed by atoms with E-state index in [9.17, 15) is 4.39 Å². The van der Waals surface area contributed by atoms with Crippen molar-refractivity contribution in [3.8, 4) is 0 Å². The maximum atomic E-state index is 12.9. The first-order valence-corrected chi connectivity index (χ1v) is 6.01. The van der Waals surface area contributed by atoms with Gasteiger partial charge in [0.15, 0.2) is 0 Å². The van der Waals surface area contributed by atoms with Gasteiger partial charge >= 0.3 is 0 Å². The van der Waals surface area contributed by atoms with E-state index in [0.717, 1.165) is 5.56 Å². The zero-order chi connectivity index (χ0) is 12.4. The van der Waals surface area contributed by atoms with Crippen molar-refractivity contribution in [3.05, 3.63) is 71.5 Å². The van der Waals surface area contributed by atoms with E-state index < -0.39 is 0 Å². The standard InChI is InChI=1S/C15H14FNO/c16-13-8-6-12(7-9-13)15-17-14(10-18-15)11-4-2-1-3-5-11/h1-9,14-15,17H,10H2/t14-,15+/m0/s1. The van der Waals surface area contributed by atoms with Crippen molar-refractivity contribution >= 4 is 0 Å². The van der Waals surface area contributed by atoms with Crippen LogP contribution in [0.15, 0.2) is 54.6 Å². The molecule has 1 heterocycles. The fourth-order valence-corrected chi connectivity index (χ4v) is 2.18. The molecule has 1 N–H and O–H groups in total. The molecular weight excluding hydrogens is 229 g/mol. The Bertz CT molecular complexity index is 512. The van der Waals surface area contributed by atoms with E-state index in [1.54, 1.807) is 12.1 Å². The lowest BCUT2D eigenvalue weighted by atomic mass is 10.1. The fourth-order valence-electron chi connectivity index (χ4n) is 2.18. The van der Waals surface area contributed by atoms with Gasteiger partial charge in [0.25, 0.3) is 0 Å². The third kappa shape index (κ3) is 2.28. The van der Waals surface area contributed by atoms with Gasteiger partial charge in [0.2, 0.25) is 0 Å². The van der Waals surface area contributed by atoms with Crippen LogP contribution >= 0.6 is 0 Å². The molecule has 1 aliphatic heterocycles. The van der Waals surface area contributed by atoms with Crippen molar-refractivity contribution in [2.24, 2.45) is 0 Å². The van der Waals surface area contributed by atoms with E-state index in [4.69, 9.17) is 4.74 Å². The quantitative estimate of drug-likeness (QED) is 0.874. The second-order valence-corrected chi connectivity index (χ2v) is 4.39. The molecule has 0 aliphatic carbocycles. The average molecular weight is 243 g/mol. The second-order valence-electron chi connectivity index (χ2n) is 4.39. The van der Waals surface area contributed by atoms with Crippen LogP contribution in [0.2, 0.25) is 0 Å². The molecular formula is C15H14FNO. The van der Waals surface area contributed by atoms with Crippen molar-refractivity contribution in [3.63, 3.8) is 0 Å². The number of ether oxygens (including phenoxy) is 1. The third-order valence-electron chi connectivity index (χ3n) is 3.16. The first kappa shape index (κ1) is 11.4. The summed E-state index contributed by atoms with van der Waals surface area (Å²) in [6.45, 7) is 0.631. The normalized spacial score (nSPS) is 23.2. The summed E-state index contributed by atoms with van der Waals surface area (Å²) < 4.78 is 18.6. The second kappa shape index (κ2) is 4.88. The Kier molecular flexibility index (Phi) is 3.09. The molecule has 92 valence electrons. The van der Waals surface area contributed by atoms with Gasteiger partial charge in [-0.3, -0.25) is 5.32 Å². The molecule has 0 spiro atoms. The zero-order valence-electron chi connectivity index (χ0n) is 9.84. The summed E-state index contributed by atoms with van der Waals surface area (Å²) in [5.74, 6) is -0.226. The highest BCUT2D eigenvalue weighted by atomic mass is 19.1. The minimum absolute atomic E-state index is 0.157. The molecule has 1 fully saturated rings. The summed E-state index contributed by atoms with van der Waals surface area (Å²) >= 11 is 0. The highest BCUT2D eigenvalue weighted by Crippen LogP contribution is 2.28. The highest BCUT2D eigenvalue weighted by molar-refractivity contribution is 5.23. The highest BCUT2D eigenvalue weighted by Gasteiger charge is 2.26. The van der Waals surface area contributed by atoms with E-state index in [2.05, 4.69) is 17.4 Å². The Balaban J connectivity index is 1.74. The number of nitrogens with one attached hydrogen (secondary N) is 1. The van der Waals surface area contributed by atoms with E-state index >= 15 is 0 Å². The van der Waals surface area contributed by atoms with Gasteiger partial charge in [-0.2, -0.15) is 0 Å². The maximum absolute atomic E-state index is 12.9. The van der Waals surface area contributed by atoms with Crippen molar-refractivity contribution in [1.29, 1.82) is 0 Å². The lowest BCUT2D eigenvalue weighted by Crippen LogP contribution is -2.18. The molecule has 0 saturated carbocycles. The average Bonchev–Trinajstić information content (AvgIpc) is 2.90. The van der Waals surface area contributed by atoms with Gasteiger partial charge in [-0.15, -0.1) is 0 Å². The summed E-state index contributed by atoms with van der Waals surface area (Å²) in [7, 11) is 0. The van der Waals surface area contributed by atoms with Crippen molar-refractivity contribution in [1.82, 2.24) is 5.32 Å². The largest absolute Gasteiger partial charge is 0.357 e. The molecule has 0 amide bonds. The summed E-state index contributed by atoms with van der Waals surface area (Å²) in [4.78, 5) is 0. The molecule has 2 aromatic carbocycles. The SMILES string of the molecule is Fc1ccc([C@@H]2N[C@H](c3ccccc3)CO2)cc1. The first-order valence-electron chi connectivity index (χ1n) is 6.01. The van der Waals surface area contributed by atoms with Gasteiger partial charge in [0, 0.05) is 0 Å². The van der Waals surface area contributed by atoms with Crippen LogP contribution in [0.3, 0.4) is 0 Å². The number of halogens is 1. The molecule has 3 rings (SSSR count). The molecule has 0 bridgehead atoms. The Hall–Kier alpha value is -1.71.